The lowest BCUT2D eigenvalue weighted by molar-refractivity contribution is -0.295. The Kier molecular flexibility index (Phi) is 11.3. The molecule has 13 nitrogen and oxygen atoms in total. The molecule has 3 fully saturated rings. The summed E-state index contributed by atoms with van der Waals surface area (Å²) in [5.41, 5.74) is -2.71. The lowest BCUT2D eigenvalue weighted by atomic mass is 9.73. The zero-order valence-corrected chi connectivity index (χ0v) is 28.1. The second-order valence-corrected chi connectivity index (χ2v) is 13.6. The van der Waals surface area contributed by atoms with Gasteiger partial charge in [0.2, 0.25) is 0 Å². The molecule has 3 N–H and O–H groups in total. The maximum absolute atomic E-state index is 14.0. The van der Waals surface area contributed by atoms with Gasteiger partial charge in [-0.3, -0.25) is 14.4 Å². The first-order chi connectivity index (χ1) is 20.3. The molecule has 252 valence electrons. The highest BCUT2D eigenvalue weighted by molar-refractivity contribution is 6.00. The van der Waals surface area contributed by atoms with Crippen LogP contribution in [0.15, 0.2) is 0 Å². The van der Waals surface area contributed by atoms with E-state index in [0.717, 1.165) is 5.01 Å². The van der Waals surface area contributed by atoms with Gasteiger partial charge in [0.25, 0.3) is 0 Å². The number of aliphatic hydroxyl groups is 1. The topological polar surface area (TPSA) is 167 Å². The van der Waals surface area contributed by atoms with Gasteiger partial charge in [-0.05, 0) is 61.1 Å². The van der Waals surface area contributed by atoms with Gasteiger partial charge in [0, 0.05) is 30.9 Å². The molecule has 0 aromatic heterocycles. The van der Waals surface area contributed by atoms with Crippen LogP contribution < -0.4 is 5.84 Å². The van der Waals surface area contributed by atoms with E-state index in [-0.39, 0.29) is 30.8 Å². The van der Waals surface area contributed by atoms with Gasteiger partial charge in [0.1, 0.15) is 30.0 Å². The molecule has 0 saturated carbocycles. The molecule has 0 bridgehead atoms. The lowest BCUT2D eigenvalue weighted by Crippen LogP contribution is -2.60. The quantitative estimate of drug-likeness (QED) is 0.197. The molecule has 0 spiro atoms. The van der Waals surface area contributed by atoms with Crippen LogP contribution in [0.5, 0.6) is 0 Å². The Balaban J connectivity index is 2.11. The molecule has 3 rings (SSSR count). The molecule has 3 heterocycles. The van der Waals surface area contributed by atoms with Gasteiger partial charge in [-0.2, -0.15) is 0 Å². The summed E-state index contributed by atoms with van der Waals surface area (Å²) in [4.78, 5) is 56.1. The number of fused-ring (bicyclic) bond motifs is 1. The van der Waals surface area contributed by atoms with Crippen molar-refractivity contribution in [1.82, 2.24) is 9.91 Å². The van der Waals surface area contributed by atoms with Crippen LogP contribution in [-0.2, 0) is 38.1 Å². The molecule has 3 aliphatic rings. The molecular weight excluding hydrogens is 574 g/mol. The monoisotopic (exact) mass is 627 g/mol. The number of carbonyl (C=O) groups is 4. The Bertz CT molecular complexity index is 1090. The van der Waals surface area contributed by atoms with E-state index in [4.69, 9.17) is 29.5 Å². The summed E-state index contributed by atoms with van der Waals surface area (Å²) < 4.78 is 30.1. The zero-order valence-electron chi connectivity index (χ0n) is 28.1. The molecule has 0 aliphatic carbocycles. The molecule has 1 amide bonds. The third-order valence-corrected chi connectivity index (χ3v) is 10.1. The summed E-state index contributed by atoms with van der Waals surface area (Å²) >= 11 is 0. The van der Waals surface area contributed by atoms with Gasteiger partial charge in [0.15, 0.2) is 17.7 Å². The van der Waals surface area contributed by atoms with Crippen molar-refractivity contribution in [3.05, 3.63) is 0 Å². The van der Waals surface area contributed by atoms with E-state index in [0.29, 0.717) is 6.42 Å². The summed E-state index contributed by atoms with van der Waals surface area (Å²) in [5.74, 6) is 1.03. The van der Waals surface area contributed by atoms with Crippen LogP contribution in [0.25, 0.3) is 0 Å². The van der Waals surface area contributed by atoms with Crippen molar-refractivity contribution < 1.29 is 48.0 Å². The van der Waals surface area contributed by atoms with Gasteiger partial charge < -0.3 is 33.7 Å². The fourth-order valence-corrected chi connectivity index (χ4v) is 7.41. The van der Waals surface area contributed by atoms with Crippen molar-refractivity contribution in [2.45, 2.75) is 129 Å². The molecule has 0 unspecified atom stereocenters. The normalized spacial score (nSPS) is 44.7. The molecule has 0 radical (unpaired) electrons. The highest BCUT2D eigenvalue weighted by atomic mass is 16.7. The molecule has 44 heavy (non-hydrogen) atoms. The van der Waals surface area contributed by atoms with Crippen LogP contribution in [0.1, 0.15) is 74.7 Å². The number of amides is 1. The molecule has 0 aromatic rings. The standard InChI is InChI=1S/C31H53N3O10/c1-12-21-31(8)25(34(32)29(39)44-31)17(4)22(35)15(2)14-30(7,40-11)26(18(5)23(36)19(6)27(38)42-21)43-28-24(37)20(33(9)10)13-16(3)41-28/h15-21,24-26,28,37H,12-14,32H2,1-11H3/t15-,16-,17+,18+,19-,20+,21-,24-,25-,26-,28+,30+,31-/m1/s1. The largest absolute Gasteiger partial charge is 0.458 e. The van der Waals surface area contributed by atoms with Crippen molar-refractivity contribution in [2.24, 2.45) is 29.5 Å². The first-order valence-electron chi connectivity index (χ1n) is 15.6. The highest BCUT2D eigenvalue weighted by Gasteiger charge is 2.60. The minimum absolute atomic E-state index is 0.114. The number of methoxy groups -OCH3 is 1. The Labute approximate surface area is 261 Å². The number of hydrogen-bond donors (Lipinski definition) is 2. The third-order valence-electron chi connectivity index (χ3n) is 10.1. The van der Waals surface area contributed by atoms with E-state index in [1.165, 1.54) is 14.0 Å². The van der Waals surface area contributed by atoms with E-state index in [2.05, 4.69) is 0 Å². The number of hydrazine groups is 1. The van der Waals surface area contributed by atoms with E-state index < -0.39 is 83.4 Å². The van der Waals surface area contributed by atoms with E-state index in [1.54, 1.807) is 41.5 Å². The first kappa shape index (κ1) is 36.3. The van der Waals surface area contributed by atoms with Crippen molar-refractivity contribution >= 4 is 23.6 Å². The number of likely N-dealkylation sites (N-methyl/N-ethyl adjacent to an activating group) is 1. The number of cyclic esters (lactones) is 1. The average molecular weight is 628 g/mol. The van der Waals surface area contributed by atoms with Gasteiger partial charge in [-0.15, -0.1) is 0 Å². The predicted octanol–water partition coefficient (Wildman–Crippen LogP) is 2.06. The minimum Gasteiger partial charge on any atom is -0.458 e. The predicted molar refractivity (Wildman–Crippen MR) is 159 cm³/mol. The first-order valence-corrected chi connectivity index (χ1v) is 15.6. The molecule has 3 aliphatic heterocycles. The number of carbonyl (C=O) groups excluding carboxylic acids is 4. The van der Waals surface area contributed by atoms with E-state index in [9.17, 15) is 24.3 Å². The number of esters is 1. The molecule has 0 aromatic carbocycles. The maximum Gasteiger partial charge on any atom is 0.425 e. The Morgan fingerprint density at radius 2 is 1.66 bits per heavy atom. The molecule has 3 saturated heterocycles. The molecular formula is C31H53N3O10. The summed E-state index contributed by atoms with van der Waals surface area (Å²) in [6, 6.07) is -1.22. The lowest BCUT2D eigenvalue weighted by Gasteiger charge is -2.47. The van der Waals surface area contributed by atoms with E-state index >= 15 is 0 Å². The molecule has 13 atom stereocenters. The van der Waals surface area contributed by atoms with Crippen molar-refractivity contribution in [3.63, 3.8) is 0 Å². The summed E-state index contributed by atoms with van der Waals surface area (Å²) in [7, 11) is 5.18. The fraction of sp³-hybridized carbons (Fsp3) is 0.871. The number of nitrogens with zero attached hydrogens (tertiary/aromatic N) is 2. The Morgan fingerprint density at radius 1 is 1.05 bits per heavy atom. The fourth-order valence-electron chi connectivity index (χ4n) is 7.41. The van der Waals surface area contributed by atoms with Crippen molar-refractivity contribution in [1.29, 1.82) is 0 Å². The second-order valence-electron chi connectivity index (χ2n) is 13.6. The van der Waals surface area contributed by atoms with Crippen LogP contribution in [0, 0.1) is 23.7 Å². The number of hydrogen-bond acceptors (Lipinski definition) is 12. The smallest absolute Gasteiger partial charge is 0.425 e. The van der Waals surface area contributed by atoms with Crippen LogP contribution in [0.4, 0.5) is 4.79 Å². The minimum atomic E-state index is -1.45. The van der Waals surface area contributed by atoms with Gasteiger partial charge in [-0.1, -0.05) is 27.7 Å². The maximum atomic E-state index is 14.0. The second kappa shape index (κ2) is 13.7. The van der Waals surface area contributed by atoms with Crippen LogP contribution >= 0.6 is 0 Å². The average Bonchev–Trinajstić information content (AvgIpc) is 3.20. The Morgan fingerprint density at radius 3 is 2.20 bits per heavy atom. The summed E-state index contributed by atoms with van der Waals surface area (Å²) in [6.07, 6.45) is -4.33. The van der Waals surface area contributed by atoms with Crippen molar-refractivity contribution in [3.8, 4) is 0 Å². The van der Waals surface area contributed by atoms with Gasteiger partial charge in [0.05, 0.1) is 17.8 Å². The van der Waals surface area contributed by atoms with Crippen LogP contribution in [0.2, 0.25) is 0 Å². The van der Waals surface area contributed by atoms with Crippen LogP contribution in [0.3, 0.4) is 0 Å². The van der Waals surface area contributed by atoms with Crippen LogP contribution in [-0.4, -0.2) is 114 Å². The number of ether oxygens (including phenoxy) is 5. The zero-order chi connectivity index (χ0) is 33.5. The highest BCUT2D eigenvalue weighted by Crippen LogP contribution is 2.42. The number of rotatable bonds is 5. The summed E-state index contributed by atoms with van der Waals surface area (Å²) in [6.45, 7) is 13.5. The van der Waals surface area contributed by atoms with Crippen molar-refractivity contribution in [2.75, 3.05) is 21.2 Å². The number of ketones is 2. The number of Topliss-reactive ketones (excluding diaryl/α,β-unsaturated/α-hetero) is 2. The number of nitrogens with two attached hydrogens (primary N) is 1. The Hall–Kier alpha value is -2.16. The molecule has 13 heteroatoms. The number of aliphatic hydroxyl groups excluding tert-OH is 1. The summed E-state index contributed by atoms with van der Waals surface area (Å²) in [5, 5.41) is 12.1. The van der Waals surface area contributed by atoms with Gasteiger partial charge >= 0.3 is 12.1 Å². The van der Waals surface area contributed by atoms with Gasteiger partial charge in [-0.25, -0.2) is 15.6 Å². The van der Waals surface area contributed by atoms with E-state index in [1.807, 2.05) is 25.9 Å². The third kappa shape index (κ3) is 6.68. The SMILES string of the molecule is CC[C@H]1OC(=O)[C@H](C)C(=O)[C@H](C)[C@@H](O[C@@H]2O[C@H](C)C[C@H](N(C)C)[C@H]2O)[C@@](C)(OC)C[C@@H](C)C(=O)[C@H](C)[C@H]2N(N)C(=O)O[C@]12C.